The second-order valence-corrected chi connectivity index (χ2v) is 7.54. The van der Waals surface area contributed by atoms with E-state index in [1.807, 2.05) is 6.07 Å². The third-order valence-corrected chi connectivity index (χ3v) is 6.78. The van der Waals surface area contributed by atoms with Crippen LogP contribution in [-0.4, -0.2) is 52.5 Å². The molecule has 5 heteroatoms. The van der Waals surface area contributed by atoms with Gasteiger partial charge in [-0.05, 0) is 50.9 Å². The Morgan fingerprint density at radius 2 is 2.18 bits per heavy atom. The Hall–Kier alpha value is -1.30. The minimum absolute atomic E-state index is 0.0953. The van der Waals surface area contributed by atoms with Gasteiger partial charge in [-0.25, -0.2) is 0 Å². The van der Waals surface area contributed by atoms with Gasteiger partial charge in [-0.1, -0.05) is 6.07 Å². The molecule has 2 heterocycles. The van der Waals surface area contributed by atoms with E-state index in [0.29, 0.717) is 12.2 Å². The van der Waals surface area contributed by atoms with Crippen LogP contribution in [0, 0.1) is 0 Å². The normalized spacial score (nSPS) is 45.3. The van der Waals surface area contributed by atoms with Gasteiger partial charge in [-0.3, -0.25) is 0 Å². The number of phenolic OH excluding ortho intramolecular Hbond substituents is 1. The van der Waals surface area contributed by atoms with Crippen molar-refractivity contribution in [3.63, 3.8) is 0 Å². The van der Waals surface area contributed by atoms with Gasteiger partial charge in [-0.15, -0.1) is 0 Å². The van der Waals surface area contributed by atoms with E-state index < -0.39 is 11.0 Å². The van der Waals surface area contributed by atoms with E-state index in [4.69, 9.17) is 10.5 Å². The summed E-state index contributed by atoms with van der Waals surface area (Å²) in [5.41, 5.74) is 7.35. The first-order chi connectivity index (χ1) is 10.5. The highest BCUT2D eigenvalue weighted by atomic mass is 16.5. The number of nitrogens with two attached hydrogens (primary N) is 1. The predicted octanol–water partition coefficient (Wildman–Crippen LogP) is 0.503. The number of hydrogen-bond acceptors (Lipinski definition) is 5. The third-order valence-electron chi connectivity index (χ3n) is 6.78. The molecule has 2 aliphatic heterocycles. The molecule has 1 aromatic rings. The van der Waals surface area contributed by atoms with Crippen molar-refractivity contribution < 1.29 is 14.9 Å². The number of phenols is 1. The van der Waals surface area contributed by atoms with Crippen LogP contribution in [0.15, 0.2) is 12.1 Å². The van der Waals surface area contributed by atoms with E-state index in [1.165, 1.54) is 5.56 Å². The molecule has 5 nitrogen and oxygen atoms in total. The Labute approximate surface area is 129 Å². The van der Waals surface area contributed by atoms with Gasteiger partial charge in [-0.2, -0.15) is 0 Å². The van der Waals surface area contributed by atoms with E-state index in [0.717, 1.165) is 31.4 Å². The molecule has 118 valence electrons. The van der Waals surface area contributed by atoms with Gasteiger partial charge in [0, 0.05) is 17.6 Å². The van der Waals surface area contributed by atoms with Gasteiger partial charge >= 0.3 is 0 Å². The largest absolute Gasteiger partial charge is 0.504 e. The molecule has 1 saturated carbocycles. The average Bonchev–Trinajstić information content (AvgIpc) is 2.85. The third kappa shape index (κ3) is 1.17. The van der Waals surface area contributed by atoms with Crippen LogP contribution in [0.1, 0.15) is 30.4 Å². The maximum atomic E-state index is 11.7. The van der Waals surface area contributed by atoms with Crippen LogP contribution in [0.5, 0.6) is 11.5 Å². The van der Waals surface area contributed by atoms with Crippen LogP contribution in [0.25, 0.3) is 0 Å². The van der Waals surface area contributed by atoms with Gasteiger partial charge in [0.2, 0.25) is 0 Å². The van der Waals surface area contributed by atoms with E-state index in [9.17, 15) is 10.2 Å². The summed E-state index contributed by atoms with van der Waals surface area (Å²) < 4.78 is 6.17. The Balaban J connectivity index is 1.86. The summed E-state index contributed by atoms with van der Waals surface area (Å²) in [5, 5.41) is 22.0. The number of likely N-dealkylation sites (tertiary alicyclic amines) is 1. The molecule has 5 atom stereocenters. The number of piperidine rings is 1. The van der Waals surface area contributed by atoms with Crippen molar-refractivity contribution >= 4 is 0 Å². The predicted molar refractivity (Wildman–Crippen MR) is 81.1 cm³/mol. The number of rotatable bonds is 0. The van der Waals surface area contributed by atoms with Crippen molar-refractivity contribution in [1.82, 2.24) is 4.90 Å². The molecule has 1 saturated heterocycles. The molecule has 0 amide bonds. The Kier molecular flexibility index (Phi) is 2.26. The SMILES string of the molecule is CN1CC[C@]23c4c5ccc(O)c4O[C@H]2[C@@H](N)CC[C@@]3(O)[C@H]1C5. The first kappa shape index (κ1) is 13.2. The number of nitrogens with zero attached hydrogens (tertiary/aromatic N) is 1. The molecular weight excluding hydrogens is 280 g/mol. The highest BCUT2D eigenvalue weighted by molar-refractivity contribution is 5.62. The van der Waals surface area contributed by atoms with Crippen LogP contribution in [-0.2, 0) is 11.8 Å². The minimum atomic E-state index is -0.813. The number of benzene rings is 1. The zero-order valence-electron chi connectivity index (χ0n) is 12.7. The number of aromatic hydroxyl groups is 1. The summed E-state index contributed by atoms with van der Waals surface area (Å²) >= 11 is 0. The van der Waals surface area contributed by atoms with Gasteiger partial charge in [0.05, 0.1) is 11.0 Å². The molecule has 4 aliphatic rings. The quantitative estimate of drug-likeness (QED) is 0.650. The van der Waals surface area contributed by atoms with E-state index >= 15 is 0 Å². The molecule has 0 unspecified atom stereocenters. The molecule has 2 bridgehead atoms. The molecule has 22 heavy (non-hydrogen) atoms. The molecule has 0 radical (unpaired) electrons. The molecule has 0 aromatic heterocycles. The monoisotopic (exact) mass is 302 g/mol. The fraction of sp³-hybridized carbons (Fsp3) is 0.647. The van der Waals surface area contributed by atoms with Crippen LogP contribution in [0.4, 0.5) is 0 Å². The van der Waals surface area contributed by atoms with Crippen LogP contribution in [0.2, 0.25) is 0 Å². The highest BCUT2D eigenvalue weighted by Gasteiger charge is 2.72. The van der Waals surface area contributed by atoms with Crippen molar-refractivity contribution in [3.8, 4) is 11.5 Å². The molecule has 2 fully saturated rings. The second-order valence-electron chi connectivity index (χ2n) is 7.54. The Bertz CT molecular complexity index is 678. The summed E-state index contributed by atoms with van der Waals surface area (Å²) in [6, 6.07) is 3.71. The summed E-state index contributed by atoms with van der Waals surface area (Å²) in [7, 11) is 2.10. The molecular formula is C17H22N2O3. The number of likely N-dealkylation sites (N-methyl/N-ethyl adjacent to an activating group) is 1. The lowest BCUT2D eigenvalue weighted by molar-refractivity contribution is -0.184. The summed E-state index contributed by atoms with van der Waals surface area (Å²) in [6.07, 6.45) is 2.88. The standard InChI is InChI=1S/C17H22N2O3/c1-19-7-6-16-13-9-2-3-11(20)14(13)22-15(16)10(18)4-5-17(16,21)12(19)8-9/h2-3,10,12,15,20-21H,4-8,18H2,1H3/t10-,12+,15-,16-,17+/m0/s1. The van der Waals surface area contributed by atoms with Crippen LogP contribution >= 0.6 is 0 Å². The summed E-state index contributed by atoms with van der Waals surface area (Å²) in [6.45, 7) is 0.925. The number of ether oxygens (including phenoxy) is 1. The van der Waals surface area contributed by atoms with Gasteiger partial charge in [0.15, 0.2) is 11.5 Å². The van der Waals surface area contributed by atoms with Crippen molar-refractivity contribution in [2.24, 2.45) is 5.73 Å². The number of aliphatic hydroxyl groups is 1. The maximum Gasteiger partial charge on any atom is 0.165 e. The van der Waals surface area contributed by atoms with Gasteiger partial charge in [0.1, 0.15) is 6.10 Å². The van der Waals surface area contributed by atoms with Crippen LogP contribution in [0.3, 0.4) is 0 Å². The van der Waals surface area contributed by atoms with Gasteiger partial charge < -0.3 is 25.6 Å². The average molecular weight is 302 g/mol. The summed E-state index contributed by atoms with van der Waals surface area (Å²) in [4.78, 5) is 2.28. The zero-order chi connectivity index (χ0) is 15.3. The van der Waals surface area contributed by atoms with Crippen molar-refractivity contribution in [2.45, 2.75) is 54.9 Å². The molecule has 1 spiro atoms. The topological polar surface area (TPSA) is 79.0 Å². The lowest BCUT2D eigenvalue weighted by Gasteiger charge is -2.63. The van der Waals surface area contributed by atoms with Crippen molar-refractivity contribution in [2.75, 3.05) is 13.6 Å². The smallest absolute Gasteiger partial charge is 0.165 e. The first-order valence-electron chi connectivity index (χ1n) is 8.19. The molecule has 1 aromatic carbocycles. The summed E-state index contributed by atoms with van der Waals surface area (Å²) in [5.74, 6) is 0.746. The Morgan fingerprint density at radius 1 is 1.36 bits per heavy atom. The van der Waals surface area contributed by atoms with E-state index in [1.54, 1.807) is 6.07 Å². The first-order valence-corrected chi connectivity index (χ1v) is 8.19. The molecule has 5 rings (SSSR count). The fourth-order valence-electron chi connectivity index (χ4n) is 5.79. The maximum absolute atomic E-state index is 11.7. The second kappa shape index (κ2) is 3.78. The molecule has 2 aliphatic carbocycles. The number of hydrogen-bond donors (Lipinski definition) is 3. The lowest BCUT2D eigenvalue weighted by atomic mass is 9.48. The fourth-order valence-corrected chi connectivity index (χ4v) is 5.79. The highest BCUT2D eigenvalue weighted by Crippen LogP contribution is 2.64. The lowest BCUT2D eigenvalue weighted by Crippen LogP contribution is -2.77. The molecule has 4 N–H and O–H groups in total. The van der Waals surface area contributed by atoms with E-state index in [-0.39, 0.29) is 23.9 Å². The Morgan fingerprint density at radius 3 is 3.00 bits per heavy atom. The van der Waals surface area contributed by atoms with Crippen molar-refractivity contribution in [3.05, 3.63) is 23.3 Å². The zero-order valence-corrected chi connectivity index (χ0v) is 12.7. The van der Waals surface area contributed by atoms with Crippen molar-refractivity contribution in [1.29, 1.82) is 0 Å². The van der Waals surface area contributed by atoms with E-state index in [2.05, 4.69) is 11.9 Å². The minimum Gasteiger partial charge on any atom is -0.504 e. The van der Waals surface area contributed by atoms with Gasteiger partial charge in [0.25, 0.3) is 0 Å². The van der Waals surface area contributed by atoms with Crippen LogP contribution < -0.4 is 10.5 Å².